The predicted octanol–water partition coefficient (Wildman–Crippen LogP) is 5.10. The molecule has 1 atom stereocenters. The second kappa shape index (κ2) is 9.56. The molecule has 0 aromatic heterocycles. The Bertz CT molecular complexity index is 1020. The summed E-state index contributed by atoms with van der Waals surface area (Å²) >= 11 is 0. The Labute approximate surface area is 174 Å². The van der Waals surface area contributed by atoms with E-state index in [9.17, 15) is 14.9 Å². The van der Waals surface area contributed by atoms with Gasteiger partial charge in [-0.3, -0.25) is 10.1 Å². The minimum atomic E-state index is -0.631. The topological polar surface area (TPSA) is 87.9 Å². The molecule has 0 spiro atoms. The number of nitrogens with zero attached hydrogens (tertiary/aromatic N) is 1. The zero-order valence-electron chi connectivity index (χ0n) is 16.6. The van der Waals surface area contributed by atoms with Gasteiger partial charge in [0.05, 0.1) is 17.6 Å². The van der Waals surface area contributed by atoms with Gasteiger partial charge in [-0.25, -0.2) is 4.79 Å². The van der Waals surface area contributed by atoms with Crippen molar-refractivity contribution in [3.8, 4) is 11.5 Å². The second-order valence-corrected chi connectivity index (χ2v) is 6.50. The minimum Gasteiger partial charge on any atom is -0.493 e. The molecular weight excluding hydrogens is 386 g/mol. The van der Waals surface area contributed by atoms with Crippen LogP contribution in [0.2, 0.25) is 0 Å². The summed E-state index contributed by atoms with van der Waals surface area (Å²) in [6.45, 7) is 2.06. The maximum Gasteiger partial charge on any atom is 0.338 e. The number of para-hydroxylation sites is 1. The highest BCUT2D eigenvalue weighted by molar-refractivity contribution is 5.89. The smallest absolute Gasteiger partial charge is 0.338 e. The zero-order chi connectivity index (χ0) is 21.5. The first kappa shape index (κ1) is 20.9. The molecule has 7 nitrogen and oxygen atoms in total. The molecule has 30 heavy (non-hydrogen) atoms. The van der Waals surface area contributed by atoms with E-state index in [2.05, 4.69) is 0 Å². The van der Waals surface area contributed by atoms with Crippen LogP contribution in [0.1, 0.15) is 34.5 Å². The molecule has 0 saturated carbocycles. The molecule has 0 aliphatic rings. The van der Waals surface area contributed by atoms with Crippen LogP contribution in [-0.4, -0.2) is 18.0 Å². The number of non-ortho nitro benzene ring substituents is 1. The number of nitro groups is 1. The Morgan fingerprint density at radius 1 is 1.00 bits per heavy atom. The molecular formula is C23H21NO6. The lowest BCUT2D eigenvalue weighted by atomic mass is 10.1. The number of hydrogen-bond acceptors (Lipinski definition) is 6. The molecule has 0 aliphatic carbocycles. The van der Waals surface area contributed by atoms with Gasteiger partial charge in [0.1, 0.15) is 12.7 Å². The van der Waals surface area contributed by atoms with Crippen LogP contribution in [0.4, 0.5) is 5.69 Å². The summed E-state index contributed by atoms with van der Waals surface area (Å²) in [6.07, 6.45) is -0.631. The number of esters is 1. The van der Waals surface area contributed by atoms with Gasteiger partial charge in [-0.05, 0) is 30.7 Å². The fourth-order valence-electron chi connectivity index (χ4n) is 2.91. The van der Waals surface area contributed by atoms with E-state index in [4.69, 9.17) is 14.2 Å². The molecule has 0 amide bonds. The van der Waals surface area contributed by atoms with E-state index in [1.54, 1.807) is 32.2 Å². The van der Waals surface area contributed by atoms with Crippen molar-refractivity contribution >= 4 is 11.7 Å². The van der Waals surface area contributed by atoms with Crippen LogP contribution in [-0.2, 0) is 11.3 Å². The van der Waals surface area contributed by atoms with Gasteiger partial charge in [0.15, 0.2) is 11.5 Å². The average Bonchev–Trinajstić information content (AvgIpc) is 2.78. The lowest BCUT2D eigenvalue weighted by molar-refractivity contribution is -0.384. The van der Waals surface area contributed by atoms with E-state index in [1.165, 1.54) is 24.3 Å². The summed E-state index contributed by atoms with van der Waals surface area (Å²) in [6, 6.07) is 20.3. The highest BCUT2D eigenvalue weighted by Gasteiger charge is 2.21. The largest absolute Gasteiger partial charge is 0.493 e. The van der Waals surface area contributed by atoms with Crippen LogP contribution in [0.15, 0.2) is 72.8 Å². The third kappa shape index (κ3) is 4.94. The maximum absolute atomic E-state index is 12.5. The minimum absolute atomic E-state index is 0.0935. The van der Waals surface area contributed by atoms with Crippen molar-refractivity contribution < 1.29 is 23.9 Å². The molecule has 0 saturated heterocycles. The van der Waals surface area contributed by atoms with Crippen molar-refractivity contribution in [2.24, 2.45) is 0 Å². The van der Waals surface area contributed by atoms with Crippen LogP contribution in [0.25, 0.3) is 0 Å². The van der Waals surface area contributed by atoms with Crippen molar-refractivity contribution in [2.45, 2.75) is 19.6 Å². The quantitative estimate of drug-likeness (QED) is 0.293. The molecule has 0 N–H and O–H groups in total. The van der Waals surface area contributed by atoms with Gasteiger partial charge >= 0.3 is 5.97 Å². The predicted molar refractivity (Wildman–Crippen MR) is 111 cm³/mol. The number of nitro benzene ring substituents is 1. The number of methoxy groups -OCH3 is 1. The summed E-state index contributed by atoms with van der Waals surface area (Å²) in [5.41, 5.74) is 1.77. The highest BCUT2D eigenvalue weighted by Crippen LogP contribution is 2.37. The average molecular weight is 407 g/mol. The molecule has 3 aromatic rings. The second-order valence-electron chi connectivity index (χ2n) is 6.50. The molecule has 0 radical (unpaired) electrons. The normalized spacial score (nSPS) is 11.4. The first-order valence-corrected chi connectivity index (χ1v) is 9.28. The van der Waals surface area contributed by atoms with E-state index in [1.807, 2.05) is 30.3 Å². The molecule has 0 fully saturated rings. The standard InChI is InChI=1S/C23H21NO6/c1-16(30-23(25)18-11-13-19(14-12-18)24(26)27)20-9-6-10-21(28-2)22(20)29-15-17-7-4-3-5-8-17/h3-14,16H,15H2,1-2H3/t16-/m0/s1. The van der Waals surface area contributed by atoms with Gasteiger partial charge in [0.25, 0.3) is 5.69 Å². The van der Waals surface area contributed by atoms with Gasteiger partial charge in [0, 0.05) is 17.7 Å². The molecule has 0 aliphatic heterocycles. The number of carbonyl (C=O) groups excluding carboxylic acids is 1. The Morgan fingerprint density at radius 3 is 2.33 bits per heavy atom. The summed E-state index contributed by atoms with van der Waals surface area (Å²) in [5, 5.41) is 10.8. The number of benzene rings is 3. The van der Waals surface area contributed by atoms with Gasteiger partial charge in [-0.15, -0.1) is 0 Å². The van der Waals surface area contributed by atoms with Crippen molar-refractivity contribution in [1.29, 1.82) is 0 Å². The summed E-state index contributed by atoms with van der Waals surface area (Å²) < 4.78 is 17.0. The SMILES string of the molecule is COc1cccc([C@H](C)OC(=O)c2ccc([N+](=O)[O-])cc2)c1OCc1ccccc1. The molecule has 0 heterocycles. The van der Waals surface area contributed by atoms with Gasteiger partial charge in [-0.2, -0.15) is 0 Å². The van der Waals surface area contributed by atoms with E-state index in [-0.39, 0.29) is 11.3 Å². The fourth-order valence-corrected chi connectivity index (χ4v) is 2.91. The Kier molecular flexibility index (Phi) is 6.64. The Morgan fingerprint density at radius 2 is 1.70 bits per heavy atom. The Hall–Kier alpha value is -3.87. The van der Waals surface area contributed by atoms with Crippen LogP contribution in [0, 0.1) is 10.1 Å². The van der Waals surface area contributed by atoms with Crippen molar-refractivity contribution in [3.05, 3.63) is 99.6 Å². The first-order valence-electron chi connectivity index (χ1n) is 9.28. The third-order valence-electron chi connectivity index (χ3n) is 4.49. The maximum atomic E-state index is 12.5. The molecule has 3 aromatic carbocycles. The van der Waals surface area contributed by atoms with E-state index in [0.717, 1.165) is 5.56 Å². The lowest BCUT2D eigenvalue weighted by Gasteiger charge is -2.20. The number of hydrogen-bond donors (Lipinski definition) is 0. The molecule has 7 heteroatoms. The van der Waals surface area contributed by atoms with Crippen LogP contribution >= 0.6 is 0 Å². The van der Waals surface area contributed by atoms with Gasteiger partial charge in [0.2, 0.25) is 0 Å². The summed E-state index contributed by atoms with van der Waals surface area (Å²) in [7, 11) is 1.54. The summed E-state index contributed by atoms with van der Waals surface area (Å²) in [5.74, 6) is 0.434. The van der Waals surface area contributed by atoms with E-state index in [0.29, 0.717) is 23.7 Å². The molecule has 154 valence electrons. The van der Waals surface area contributed by atoms with E-state index < -0.39 is 17.0 Å². The molecule has 0 unspecified atom stereocenters. The number of rotatable bonds is 8. The zero-order valence-corrected chi connectivity index (χ0v) is 16.6. The van der Waals surface area contributed by atoms with Crippen molar-refractivity contribution in [1.82, 2.24) is 0 Å². The van der Waals surface area contributed by atoms with Crippen molar-refractivity contribution in [3.63, 3.8) is 0 Å². The fraction of sp³-hybridized carbons (Fsp3) is 0.174. The van der Waals surface area contributed by atoms with Crippen LogP contribution in [0.5, 0.6) is 11.5 Å². The van der Waals surface area contributed by atoms with Gasteiger partial charge in [-0.1, -0.05) is 42.5 Å². The van der Waals surface area contributed by atoms with Crippen LogP contribution < -0.4 is 9.47 Å². The number of ether oxygens (including phenoxy) is 3. The third-order valence-corrected chi connectivity index (χ3v) is 4.49. The molecule has 0 bridgehead atoms. The lowest BCUT2D eigenvalue weighted by Crippen LogP contribution is -2.11. The Balaban J connectivity index is 1.78. The van der Waals surface area contributed by atoms with Gasteiger partial charge < -0.3 is 14.2 Å². The van der Waals surface area contributed by atoms with Crippen molar-refractivity contribution in [2.75, 3.05) is 7.11 Å². The number of carbonyl (C=O) groups is 1. The first-order chi connectivity index (χ1) is 14.5. The van der Waals surface area contributed by atoms with E-state index >= 15 is 0 Å². The molecule has 3 rings (SSSR count). The summed E-state index contributed by atoms with van der Waals surface area (Å²) in [4.78, 5) is 22.7. The monoisotopic (exact) mass is 407 g/mol. The van der Waals surface area contributed by atoms with Crippen LogP contribution in [0.3, 0.4) is 0 Å². The highest BCUT2D eigenvalue weighted by atomic mass is 16.6.